The molecule has 1 aliphatic rings. The minimum atomic E-state index is -0.483. The summed E-state index contributed by atoms with van der Waals surface area (Å²) in [5.74, 6) is 0.657. The fraction of sp³-hybridized carbons (Fsp3) is 0.333. The van der Waals surface area contributed by atoms with Crippen molar-refractivity contribution < 1.29 is 14.4 Å². The van der Waals surface area contributed by atoms with E-state index >= 15 is 0 Å². The van der Waals surface area contributed by atoms with E-state index in [0.717, 1.165) is 16.8 Å². The second-order valence-corrected chi connectivity index (χ2v) is 7.78. The van der Waals surface area contributed by atoms with Crippen molar-refractivity contribution in [3.63, 3.8) is 0 Å². The van der Waals surface area contributed by atoms with E-state index in [4.69, 9.17) is 9.47 Å². The van der Waals surface area contributed by atoms with Gasteiger partial charge in [0.25, 0.3) is 11.2 Å². The number of ether oxygens (including phenoxy) is 2. The lowest BCUT2D eigenvalue weighted by atomic mass is 10.0. The predicted molar refractivity (Wildman–Crippen MR) is 126 cm³/mol. The van der Waals surface area contributed by atoms with Crippen molar-refractivity contribution in [3.8, 4) is 22.7 Å². The van der Waals surface area contributed by atoms with Gasteiger partial charge in [-0.3, -0.25) is 14.9 Å². The summed E-state index contributed by atoms with van der Waals surface area (Å²) in [6.07, 6.45) is 0.473. The number of morpholine rings is 1. The van der Waals surface area contributed by atoms with Gasteiger partial charge in [0.2, 0.25) is 0 Å². The highest BCUT2D eigenvalue weighted by Crippen LogP contribution is 2.30. The molecule has 0 amide bonds. The molecule has 0 spiro atoms. The van der Waals surface area contributed by atoms with Gasteiger partial charge in [0.05, 0.1) is 30.9 Å². The van der Waals surface area contributed by atoms with Gasteiger partial charge in [0.15, 0.2) is 0 Å². The fourth-order valence-corrected chi connectivity index (χ4v) is 4.13. The molecular formula is C24H26N4O5. The summed E-state index contributed by atoms with van der Waals surface area (Å²) in [7, 11) is 1.58. The number of nitrogens with zero attached hydrogens (tertiary/aromatic N) is 4. The minimum Gasteiger partial charge on any atom is -0.497 e. The molecular weight excluding hydrogens is 424 g/mol. The number of nitro benzene ring substituents is 1. The number of hydrogen-bond donors (Lipinski definition) is 0. The second kappa shape index (κ2) is 9.41. The molecule has 0 unspecified atom stereocenters. The van der Waals surface area contributed by atoms with Crippen LogP contribution >= 0.6 is 0 Å². The maximum atomic E-state index is 13.4. The van der Waals surface area contributed by atoms with E-state index in [1.165, 1.54) is 10.7 Å². The van der Waals surface area contributed by atoms with E-state index in [2.05, 4.69) is 10.00 Å². The van der Waals surface area contributed by atoms with Crippen LogP contribution in [0.3, 0.4) is 0 Å². The number of rotatable bonds is 6. The summed E-state index contributed by atoms with van der Waals surface area (Å²) in [6.45, 7) is 6.24. The Labute approximate surface area is 191 Å². The average molecular weight is 450 g/mol. The molecule has 0 N–H and O–H groups in total. The van der Waals surface area contributed by atoms with Crippen LogP contribution < -0.4 is 15.2 Å². The Balaban J connectivity index is 1.96. The van der Waals surface area contributed by atoms with E-state index in [1.807, 2.05) is 38.1 Å². The van der Waals surface area contributed by atoms with Crippen LogP contribution in [0.4, 0.5) is 11.4 Å². The topological polar surface area (TPSA) is 99.7 Å². The van der Waals surface area contributed by atoms with Crippen molar-refractivity contribution in [1.29, 1.82) is 0 Å². The number of methoxy groups -OCH3 is 1. The molecule has 2 heterocycles. The number of hydrogen-bond acceptors (Lipinski definition) is 7. The molecule has 1 aliphatic heterocycles. The first kappa shape index (κ1) is 22.5. The van der Waals surface area contributed by atoms with Gasteiger partial charge >= 0.3 is 0 Å². The van der Waals surface area contributed by atoms with Crippen LogP contribution in [0, 0.1) is 17.0 Å². The Kier molecular flexibility index (Phi) is 6.41. The van der Waals surface area contributed by atoms with Crippen molar-refractivity contribution in [2.24, 2.45) is 0 Å². The van der Waals surface area contributed by atoms with Crippen LogP contribution in [-0.4, -0.2) is 48.1 Å². The van der Waals surface area contributed by atoms with Crippen molar-refractivity contribution in [3.05, 3.63) is 74.1 Å². The molecule has 1 saturated heterocycles. The largest absolute Gasteiger partial charge is 0.497 e. The molecule has 0 saturated carbocycles. The fourth-order valence-electron chi connectivity index (χ4n) is 4.13. The Hall–Kier alpha value is -3.72. The summed E-state index contributed by atoms with van der Waals surface area (Å²) in [5, 5.41) is 16.5. The third-order valence-electron chi connectivity index (χ3n) is 5.92. The summed E-state index contributed by atoms with van der Waals surface area (Å²) < 4.78 is 11.9. The standard InChI is InChI=1S/C24H26N4O5/c1-4-20-16(2)23(17-6-5-7-19(14-17)32-3)25-27(24(20)29)22-15-18(8-9-21(22)28(30)31)26-10-12-33-13-11-26/h5-9,14-15H,4,10-13H2,1-3H3. The van der Waals surface area contributed by atoms with E-state index in [9.17, 15) is 14.9 Å². The Morgan fingerprint density at radius 2 is 1.94 bits per heavy atom. The van der Waals surface area contributed by atoms with Crippen molar-refractivity contribution in [1.82, 2.24) is 9.78 Å². The lowest BCUT2D eigenvalue weighted by molar-refractivity contribution is -0.384. The summed E-state index contributed by atoms with van der Waals surface area (Å²) in [4.78, 5) is 26.9. The molecule has 1 aromatic heterocycles. The Bertz CT molecular complexity index is 1250. The molecule has 172 valence electrons. The zero-order valence-corrected chi connectivity index (χ0v) is 18.9. The lowest BCUT2D eigenvalue weighted by Crippen LogP contribution is -2.36. The van der Waals surface area contributed by atoms with Crippen LogP contribution in [0.2, 0.25) is 0 Å². The van der Waals surface area contributed by atoms with Gasteiger partial charge in [-0.2, -0.15) is 9.78 Å². The molecule has 2 aromatic carbocycles. The zero-order valence-electron chi connectivity index (χ0n) is 18.9. The smallest absolute Gasteiger partial charge is 0.295 e. The summed E-state index contributed by atoms with van der Waals surface area (Å²) in [5.41, 5.74) is 3.06. The lowest BCUT2D eigenvalue weighted by Gasteiger charge is -2.29. The number of aromatic nitrogens is 2. The van der Waals surface area contributed by atoms with Gasteiger partial charge in [-0.25, -0.2) is 0 Å². The van der Waals surface area contributed by atoms with Gasteiger partial charge in [0, 0.05) is 36.0 Å². The quantitative estimate of drug-likeness (QED) is 0.418. The first-order valence-corrected chi connectivity index (χ1v) is 10.8. The highest BCUT2D eigenvalue weighted by atomic mass is 16.6. The third-order valence-corrected chi connectivity index (χ3v) is 5.92. The van der Waals surface area contributed by atoms with Gasteiger partial charge < -0.3 is 14.4 Å². The van der Waals surface area contributed by atoms with Gasteiger partial charge in [0.1, 0.15) is 11.4 Å². The minimum absolute atomic E-state index is 0.146. The van der Waals surface area contributed by atoms with E-state index in [0.29, 0.717) is 49.7 Å². The molecule has 4 rings (SSSR count). The summed E-state index contributed by atoms with van der Waals surface area (Å²) in [6, 6.07) is 12.2. The van der Waals surface area contributed by atoms with Gasteiger partial charge in [-0.1, -0.05) is 19.1 Å². The maximum Gasteiger partial charge on any atom is 0.295 e. The molecule has 0 aliphatic carbocycles. The molecule has 33 heavy (non-hydrogen) atoms. The van der Waals surface area contributed by atoms with Gasteiger partial charge in [-0.05, 0) is 43.2 Å². The highest BCUT2D eigenvalue weighted by molar-refractivity contribution is 5.67. The highest BCUT2D eigenvalue weighted by Gasteiger charge is 2.24. The Morgan fingerprint density at radius 3 is 2.61 bits per heavy atom. The van der Waals surface area contributed by atoms with E-state index < -0.39 is 4.92 Å². The van der Waals surface area contributed by atoms with Crippen molar-refractivity contribution in [2.75, 3.05) is 38.3 Å². The number of nitro groups is 1. The molecule has 0 atom stereocenters. The monoisotopic (exact) mass is 450 g/mol. The first-order valence-electron chi connectivity index (χ1n) is 10.8. The molecule has 0 radical (unpaired) electrons. The molecule has 1 fully saturated rings. The normalized spacial score (nSPS) is 13.7. The maximum absolute atomic E-state index is 13.4. The summed E-state index contributed by atoms with van der Waals surface area (Å²) >= 11 is 0. The Morgan fingerprint density at radius 1 is 1.18 bits per heavy atom. The van der Waals surface area contributed by atoms with Crippen LogP contribution in [0.25, 0.3) is 16.9 Å². The molecule has 3 aromatic rings. The molecule has 9 nitrogen and oxygen atoms in total. The van der Waals surface area contributed by atoms with Crippen LogP contribution in [0.1, 0.15) is 18.1 Å². The van der Waals surface area contributed by atoms with E-state index in [1.54, 1.807) is 19.2 Å². The van der Waals surface area contributed by atoms with Gasteiger partial charge in [-0.15, -0.1) is 0 Å². The predicted octanol–water partition coefficient (Wildman–Crippen LogP) is 3.52. The second-order valence-electron chi connectivity index (χ2n) is 7.78. The third kappa shape index (κ3) is 4.31. The van der Waals surface area contributed by atoms with Crippen LogP contribution in [-0.2, 0) is 11.2 Å². The SMILES string of the molecule is CCc1c(C)c(-c2cccc(OC)c2)nn(-c2cc(N3CCOCC3)ccc2[N+](=O)[O-])c1=O. The van der Waals surface area contributed by atoms with Crippen LogP contribution in [0.5, 0.6) is 5.75 Å². The first-order chi connectivity index (χ1) is 15.9. The molecule has 0 bridgehead atoms. The average Bonchev–Trinajstić information content (AvgIpc) is 2.84. The zero-order chi connectivity index (χ0) is 23.5. The number of anilines is 1. The molecule has 9 heteroatoms. The van der Waals surface area contributed by atoms with Crippen molar-refractivity contribution in [2.45, 2.75) is 20.3 Å². The number of benzene rings is 2. The van der Waals surface area contributed by atoms with E-state index in [-0.39, 0.29) is 16.9 Å². The van der Waals surface area contributed by atoms with Crippen molar-refractivity contribution >= 4 is 11.4 Å². The van der Waals surface area contributed by atoms with Crippen LogP contribution in [0.15, 0.2) is 47.3 Å².